The van der Waals surface area contributed by atoms with Gasteiger partial charge in [0.2, 0.25) is 5.95 Å². The fourth-order valence-corrected chi connectivity index (χ4v) is 3.15. The number of aromatic nitrogens is 3. The van der Waals surface area contributed by atoms with Crippen molar-refractivity contribution < 1.29 is 4.39 Å². The van der Waals surface area contributed by atoms with E-state index in [4.69, 9.17) is 0 Å². The van der Waals surface area contributed by atoms with Crippen LogP contribution in [0, 0.1) is 5.82 Å². The van der Waals surface area contributed by atoms with Crippen molar-refractivity contribution in [2.75, 3.05) is 25.5 Å². The van der Waals surface area contributed by atoms with E-state index in [2.05, 4.69) is 38.8 Å². The summed E-state index contributed by atoms with van der Waals surface area (Å²) >= 11 is 0. The number of rotatable bonds is 4. The Morgan fingerprint density at radius 1 is 1.23 bits per heavy atom. The monoisotopic (exact) mass is 301 g/mol. The fraction of sp³-hybridized carbons (Fsp3) is 0.438. The lowest BCUT2D eigenvalue weighted by molar-refractivity contribution is 0.273. The Balaban J connectivity index is 1.86. The van der Waals surface area contributed by atoms with Crippen LogP contribution in [0.4, 0.5) is 10.3 Å². The van der Waals surface area contributed by atoms with Gasteiger partial charge >= 0.3 is 0 Å². The third-order valence-corrected chi connectivity index (χ3v) is 4.23. The Morgan fingerprint density at radius 3 is 2.55 bits per heavy atom. The van der Waals surface area contributed by atoms with Gasteiger partial charge in [0.25, 0.3) is 0 Å². The molecule has 0 N–H and O–H groups in total. The summed E-state index contributed by atoms with van der Waals surface area (Å²) in [7, 11) is 4.19. The Kier molecular flexibility index (Phi) is 4.29. The van der Waals surface area contributed by atoms with Crippen molar-refractivity contribution in [2.24, 2.45) is 0 Å². The maximum Gasteiger partial charge on any atom is 0.225 e. The van der Waals surface area contributed by atoms with E-state index in [0.717, 1.165) is 19.4 Å². The number of hydrogen-bond donors (Lipinski definition) is 0. The quantitative estimate of drug-likeness (QED) is 0.861. The molecule has 116 valence electrons. The summed E-state index contributed by atoms with van der Waals surface area (Å²) in [4.78, 5) is 16.8. The van der Waals surface area contributed by atoms with Crippen LogP contribution in [0.5, 0.6) is 0 Å². The second kappa shape index (κ2) is 6.36. The van der Waals surface area contributed by atoms with Crippen LogP contribution in [0.1, 0.15) is 12.0 Å². The average Bonchev–Trinajstić information content (AvgIpc) is 2.93. The fourth-order valence-electron chi connectivity index (χ4n) is 3.15. The summed E-state index contributed by atoms with van der Waals surface area (Å²) in [5, 5.41) is 0. The van der Waals surface area contributed by atoms with Gasteiger partial charge in [0.05, 0.1) is 18.4 Å². The number of hydrogen-bond acceptors (Lipinski definition) is 5. The van der Waals surface area contributed by atoms with Crippen LogP contribution in [-0.2, 0) is 6.42 Å². The predicted octanol–water partition coefficient (Wildman–Crippen LogP) is 1.76. The molecule has 0 amide bonds. The van der Waals surface area contributed by atoms with Crippen molar-refractivity contribution in [3.63, 3.8) is 0 Å². The van der Waals surface area contributed by atoms with Crippen molar-refractivity contribution in [1.82, 2.24) is 19.9 Å². The highest BCUT2D eigenvalue weighted by Crippen LogP contribution is 2.27. The molecule has 2 aromatic rings. The van der Waals surface area contributed by atoms with Gasteiger partial charge in [-0.1, -0.05) is 0 Å². The van der Waals surface area contributed by atoms with Crippen LogP contribution in [0.15, 0.2) is 36.9 Å². The summed E-state index contributed by atoms with van der Waals surface area (Å²) in [6.07, 6.45) is 8.03. The molecule has 0 aromatic carbocycles. The zero-order chi connectivity index (χ0) is 15.5. The lowest BCUT2D eigenvalue weighted by Gasteiger charge is -2.31. The molecule has 6 heteroatoms. The van der Waals surface area contributed by atoms with E-state index >= 15 is 0 Å². The van der Waals surface area contributed by atoms with E-state index in [0.29, 0.717) is 12.0 Å². The van der Waals surface area contributed by atoms with Crippen molar-refractivity contribution in [2.45, 2.75) is 24.9 Å². The molecule has 0 radical (unpaired) electrons. The van der Waals surface area contributed by atoms with Crippen LogP contribution in [0.25, 0.3) is 0 Å². The average molecular weight is 301 g/mol. The first-order chi connectivity index (χ1) is 10.6. The number of anilines is 1. The molecule has 1 saturated heterocycles. The molecule has 3 heterocycles. The third kappa shape index (κ3) is 3.06. The van der Waals surface area contributed by atoms with Crippen LogP contribution < -0.4 is 4.90 Å². The summed E-state index contributed by atoms with van der Waals surface area (Å²) in [6.45, 7) is 0.879. The molecule has 3 rings (SSSR count). The van der Waals surface area contributed by atoms with Crippen LogP contribution >= 0.6 is 0 Å². The van der Waals surface area contributed by atoms with Gasteiger partial charge in [0.1, 0.15) is 0 Å². The molecule has 1 fully saturated rings. The van der Waals surface area contributed by atoms with E-state index in [-0.39, 0.29) is 6.04 Å². The molecule has 0 saturated carbocycles. The summed E-state index contributed by atoms with van der Waals surface area (Å²) in [6, 6.07) is 4.76. The maximum atomic E-state index is 13.1. The minimum atomic E-state index is -0.405. The predicted molar refractivity (Wildman–Crippen MR) is 83.2 cm³/mol. The normalized spacial score (nSPS) is 21.5. The van der Waals surface area contributed by atoms with E-state index in [1.807, 2.05) is 24.5 Å². The van der Waals surface area contributed by atoms with Gasteiger partial charge in [-0.2, -0.15) is 0 Å². The molecule has 0 bridgehead atoms. The van der Waals surface area contributed by atoms with Crippen LogP contribution in [0.2, 0.25) is 0 Å². The first-order valence-corrected chi connectivity index (χ1v) is 7.44. The maximum absolute atomic E-state index is 13.1. The standard InChI is InChI=1S/C16H20FN5/c1-21(2)14-5-8-22(16-19-10-13(17)11-20-16)15(14)9-12-3-6-18-7-4-12/h3-4,6-7,10-11,14-15H,5,8-9H2,1-2H3/t14-,15+/m1/s1. The van der Waals surface area contributed by atoms with Gasteiger partial charge in [-0.3, -0.25) is 4.98 Å². The SMILES string of the molecule is CN(C)[C@@H]1CCN(c2ncc(F)cn2)[C@H]1Cc1ccncc1. The second-order valence-corrected chi connectivity index (χ2v) is 5.84. The smallest absolute Gasteiger partial charge is 0.225 e. The number of pyridine rings is 1. The van der Waals surface area contributed by atoms with Gasteiger partial charge in [0, 0.05) is 25.0 Å². The summed E-state index contributed by atoms with van der Waals surface area (Å²) in [5.74, 6) is 0.197. The Labute approximate surface area is 129 Å². The lowest BCUT2D eigenvalue weighted by atomic mass is 10.0. The largest absolute Gasteiger partial charge is 0.336 e. The van der Waals surface area contributed by atoms with Gasteiger partial charge in [-0.15, -0.1) is 0 Å². The molecule has 22 heavy (non-hydrogen) atoms. The number of halogens is 1. The molecule has 1 aliphatic rings. The van der Waals surface area contributed by atoms with E-state index in [1.54, 1.807) is 0 Å². The molecule has 0 aliphatic carbocycles. The molecule has 2 aromatic heterocycles. The van der Waals surface area contributed by atoms with Crippen molar-refractivity contribution in [1.29, 1.82) is 0 Å². The topological polar surface area (TPSA) is 45.2 Å². The molecule has 2 atom stereocenters. The first kappa shape index (κ1) is 14.8. The van der Waals surface area contributed by atoms with Crippen molar-refractivity contribution in [3.8, 4) is 0 Å². The molecular formula is C16H20FN5. The summed E-state index contributed by atoms with van der Waals surface area (Å²) in [5.41, 5.74) is 1.24. The van der Waals surface area contributed by atoms with Gasteiger partial charge in [-0.05, 0) is 44.6 Å². The second-order valence-electron chi connectivity index (χ2n) is 5.84. The van der Waals surface area contributed by atoms with Gasteiger partial charge in [-0.25, -0.2) is 14.4 Å². The minimum absolute atomic E-state index is 0.267. The highest BCUT2D eigenvalue weighted by atomic mass is 19.1. The third-order valence-electron chi connectivity index (χ3n) is 4.23. The Morgan fingerprint density at radius 2 is 1.91 bits per heavy atom. The number of nitrogens with zero attached hydrogens (tertiary/aromatic N) is 5. The van der Waals surface area contributed by atoms with Gasteiger partial charge in [0.15, 0.2) is 5.82 Å². The molecule has 1 aliphatic heterocycles. The lowest BCUT2D eigenvalue weighted by Crippen LogP contribution is -2.44. The Bertz CT molecular complexity index is 602. The van der Waals surface area contributed by atoms with E-state index < -0.39 is 5.82 Å². The number of likely N-dealkylation sites (N-methyl/N-ethyl adjacent to an activating group) is 1. The van der Waals surface area contributed by atoms with E-state index in [1.165, 1.54) is 18.0 Å². The zero-order valence-corrected chi connectivity index (χ0v) is 12.9. The summed E-state index contributed by atoms with van der Waals surface area (Å²) < 4.78 is 13.1. The minimum Gasteiger partial charge on any atom is -0.336 e. The highest BCUT2D eigenvalue weighted by molar-refractivity contribution is 5.36. The van der Waals surface area contributed by atoms with Crippen molar-refractivity contribution in [3.05, 3.63) is 48.3 Å². The van der Waals surface area contributed by atoms with E-state index in [9.17, 15) is 4.39 Å². The molecular weight excluding hydrogens is 281 g/mol. The molecule has 0 unspecified atom stereocenters. The zero-order valence-electron chi connectivity index (χ0n) is 12.9. The van der Waals surface area contributed by atoms with Crippen molar-refractivity contribution >= 4 is 5.95 Å². The molecule has 0 spiro atoms. The highest BCUT2D eigenvalue weighted by Gasteiger charge is 2.36. The Hall–Kier alpha value is -2.08. The van der Waals surface area contributed by atoms with Gasteiger partial charge < -0.3 is 9.80 Å². The molecule has 5 nitrogen and oxygen atoms in total. The first-order valence-electron chi connectivity index (χ1n) is 7.44. The van der Waals surface area contributed by atoms with Crippen LogP contribution in [-0.4, -0.2) is 52.6 Å². The van der Waals surface area contributed by atoms with Crippen LogP contribution in [0.3, 0.4) is 0 Å².